The summed E-state index contributed by atoms with van der Waals surface area (Å²) in [5.41, 5.74) is 1.99. The number of aromatic nitrogens is 4. The molecule has 0 fully saturated rings. The normalized spacial score (nSPS) is 11.1. The number of fused-ring (bicyclic) bond motifs is 1. The molecule has 0 unspecified atom stereocenters. The van der Waals surface area contributed by atoms with Crippen molar-refractivity contribution in [2.45, 2.75) is 20.3 Å². The third-order valence-electron chi connectivity index (χ3n) is 1.69. The van der Waals surface area contributed by atoms with Crippen LogP contribution in [0.4, 0.5) is 0 Å². The summed E-state index contributed by atoms with van der Waals surface area (Å²) in [6.07, 6.45) is 0.904. The summed E-state index contributed by atoms with van der Waals surface area (Å²) in [4.78, 5) is 0. The van der Waals surface area contributed by atoms with Crippen LogP contribution in [0, 0.1) is 6.92 Å². The van der Waals surface area contributed by atoms with E-state index in [0.717, 1.165) is 23.6 Å². The number of aryl methyl sites for hydroxylation is 2. The molecule has 0 saturated carbocycles. The molecule has 2 aromatic heterocycles. The average molecular weight is 150 g/mol. The van der Waals surface area contributed by atoms with Gasteiger partial charge < -0.3 is 0 Å². The molecule has 0 aliphatic heterocycles. The second-order valence-corrected chi connectivity index (χ2v) is 2.58. The van der Waals surface area contributed by atoms with E-state index in [9.17, 15) is 0 Å². The van der Waals surface area contributed by atoms with E-state index in [0.29, 0.717) is 0 Å². The summed E-state index contributed by atoms with van der Waals surface area (Å²) in [7, 11) is 0. The molecule has 0 amide bonds. The molecule has 0 aliphatic carbocycles. The predicted octanol–water partition coefficient (Wildman–Crippen LogP) is 0.928. The first-order valence-corrected chi connectivity index (χ1v) is 3.71. The Balaban J connectivity index is 2.73. The van der Waals surface area contributed by atoms with E-state index in [-0.39, 0.29) is 0 Å². The summed E-state index contributed by atoms with van der Waals surface area (Å²) in [6, 6.07) is 1.98. The smallest absolute Gasteiger partial charge is 0.152 e. The molecule has 2 aromatic rings. The first-order valence-electron chi connectivity index (χ1n) is 3.71. The van der Waals surface area contributed by atoms with E-state index >= 15 is 0 Å². The molecule has 2 rings (SSSR count). The maximum atomic E-state index is 4.27. The summed E-state index contributed by atoms with van der Waals surface area (Å²) in [6.45, 7) is 4.03. The minimum atomic E-state index is 0.904. The number of nitrogens with one attached hydrogen (secondary N) is 1. The van der Waals surface area contributed by atoms with E-state index in [1.54, 1.807) is 0 Å². The van der Waals surface area contributed by atoms with E-state index in [1.807, 2.05) is 17.5 Å². The van der Waals surface area contributed by atoms with Gasteiger partial charge in [0.2, 0.25) is 0 Å². The Labute approximate surface area is 64.2 Å². The van der Waals surface area contributed by atoms with Crippen molar-refractivity contribution in [2.75, 3.05) is 0 Å². The molecule has 0 spiro atoms. The fourth-order valence-corrected chi connectivity index (χ4v) is 1.17. The van der Waals surface area contributed by atoms with Crippen molar-refractivity contribution in [3.63, 3.8) is 0 Å². The van der Waals surface area contributed by atoms with Gasteiger partial charge in [0.25, 0.3) is 0 Å². The van der Waals surface area contributed by atoms with E-state index in [1.165, 1.54) is 0 Å². The molecule has 2 heterocycles. The van der Waals surface area contributed by atoms with E-state index < -0.39 is 0 Å². The zero-order chi connectivity index (χ0) is 7.84. The maximum absolute atomic E-state index is 4.27. The van der Waals surface area contributed by atoms with Gasteiger partial charge in [0, 0.05) is 12.5 Å². The van der Waals surface area contributed by atoms with Crippen LogP contribution in [0.15, 0.2) is 6.07 Å². The molecular formula is C7H10N4. The molecule has 1 N–H and O–H groups in total. The van der Waals surface area contributed by atoms with Crippen LogP contribution in [0.3, 0.4) is 0 Å². The second-order valence-electron chi connectivity index (χ2n) is 2.58. The van der Waals surface area contributed by atoms with E-state index in [2.05, 4.69) is 22.2 Å². The lowest BCUT2D eigenvalue weighted by atomic mass is 10.5. The molecule has 0 aromatic carbocycles. The first-order chi connectivity index (χ1) is 5.31. The molecule has 11 heavy (non-hydrogen) atoms. The Hall–Kier alpha value is -1.32. The Kier molecular flexibility index (Phi) is 1.21. The van der Waals surface area contributed by atoms with Crippen molar-refractivity contribution in [1.29, 1.82) is 0 Å². The van der Waals surface area contributed by atoms with Gasteiger partial charge >= 0.3 is 0 Å². The monoisotopic (exact) mass is 150 g/mol. The zero-order valence-corrected chi connectivity index (χ0v) is 6.63. The van der Waals surface area contributed by atoms with Crippen LogP contribution in [0.5, 0.6) is 0 Å². The summed E-state index contributed by atoms with van der Waals surface area (Å²) < 4.78 is 1.84. The number of nitrogens with zero attached hydrogens (tertiary/aromatic N) is 3. The lowest BCUT2D eigenvalue weighted by Gasteiger charge is -1.86. The molecule has 0 atom stereocenters. The van der Waals surface area contributed by atoms with Crippen molar-refractivity contribution in [3.05, 3.63) is 17.6 Å². The minimum absolute atomic E-state index is 0.904. The first kappa shape index (κ1) is 6.39. The van der Waals surface area contributed by atoms with Crippen molar-refractivity contribution < 1.29 is 0 Å². The van der Waals surface area contributed by atoms with Gasteiger partial charge in [-0.25, -0.2) is 0 Å². The zero-order valence-electron chi connectivity index (χ0n) is 6.63. The summed E-state index contributed by atoms with van der Waals surface area (Å²) in [5, 5.41) is 11.3. The van der Waals surface area contributed by atoms with Crippen LogP contribution in [0.2, 0.25) is 0 Å². The maximum Gasteiger partial charge on any atom is 0.152 e. The fourth-order valence-electron chi connectivity index (χ4n) is 1.17. The van der Waals surface area contributed by atoms with Crippen LogP contribution < -0.4 is 0 Å². The molecular weight excluding hydrogens is 140 g/mol. The largest absolute Gasteiger partial charge is 0.259 e. The Morgan fingerprint density at radius 3 is 3.18 bits per heavy atom. The minimum Gasteiger partial charge on any atom is -0.259 e. The number of rotatable bonds is 1. The fraction of sp³-hybridized carbons (Fsp3) is 0.429. The molecule has 0 radical (unpaired) electrons. The number of H-pyrrole nitrogens is 1. The summed E-state index contributed by atoms with van der Waals surface area (Å²) >= 11 is 0. The standard InChI is InChI=1S/C7H10N4/c1-3-6-8-9-7-4-5(2)10-11(6)7/h4,9H,3H2,1-2H3. The lowest BCUT2D eigenvalue weighted by molar-refractivity contribution is 0.824. The van der Waals surface area contributed by atoms with Crippen molar-refractivity contribution in [2.24, 2.45) is 0 Å². The van der Waals surface area contributed by atoms with Crippen LogP contribution in [-0.2, 0) is 6.42 Å². The van der Waals surface area contributed by atoms with Crippen LogP contribution >= 0.6 is 0 Å². The molecule has 58 valence electrons. The quantitative estimate of drug-likeness (QED) is 0.657. The number of hydrogen-bond acceptors (Lipinski definition) is 2. The van der Waals surface area contributed by atoms with E-state index in [4.69, 9.17) is 0 Å². The van der Waals surface area contributed by atoms with Gasteiger partial charge in [-0.1, -0.05) is 6.92 Å². The third-order valence-corrected chi connectivity index (χ3v) is 1.69. The highest BCUT2D eigenvalue weighted by molar-refractivity contribution is 5.38. The molecule has 0 saturated heterocycles. The van der Waals surface area contributed by atoms with Gasteiger partial charge in [0.15, 0.2) is 11.5 Å². The Bertz CT molecular complexity index is 371. The molecule has 4 heteroatoms. The van der Waals surface area contributed by atoms with Gasteiger partial charge in [-0.15, -0.1) is 0 Å². The highest BCUT2D eigenvalue weighted by Crippen LogP contribution is 2.04. The van der Waals surface area contributed by atoms with Crippen LogP contribution in [-0.4, -0.2) is 19.8 Å². The van der Waals surface area contributed by atoms with Crippen LogP contribution in [0.25, 0.3) is 5.65 Å². The van der Waals surface area contributed by atoms with Gasteiger partial charge in [0.1, 0.15) is 0 Å². The predicted molar refractivity (Wildman–Crippen MR) is 41.5 cm³/mol. The van der Waals surface area contributed by atoms with Gasteiger partial charge in [-0.2, -0.15) is 14.7 Å². The second kappa shape index (κ2) is 2.08. The third kappa shape index (κ3) is 0.824. The van der Waals surface area contributed by atoms with Gasteiger partial charge in [-0.05, 0) is 6.92 Å². The Morgan fingerprint density at radius 1 is 1.64 bits per heavy atom. The Morgan fingerprint density at radius 2 is 2.45 bits per heavy atom. The highest BCUT2D eigenvalue weighted by Gasteiger charge is 2.03. The van der Waals surface area contributed by atoms with Crippen molar-refractivity contribution >= 4 is 5.65 Å². The number of hydrogen-bond donors (Lipinski definition) is 1. The lowest BCUT2D eigenvalue weighted by Crippen LogP contribution is -1.92. The molecule has 0 bridgehead atoms. The van der Waals surface area contributed by atoms with Crippen molar-refractivity contribution in [1.82, 2.24) is 19.8 Å². The molecule has 4 nitrogen and oxygen atoms in total. The van der Waals surface area contributed by atoms with Gasteiger partial charge in [0.05, 0.1) is 5.69 Å². The topological polar surface area (TPSA) is 46.0 Å². The highest BCUT2D eigenvalue weighted by atomic mass is 15.4. The van der Waals surface area contributed by atoms with Crippen LogP contribution in [0.1, 0.15) is 18.4 Å². The average Bonchev–Trinajstić information content (AvgIpc) is 2.45. The van der Waals surface area contributed by atoms with Crippen molar-refractivity contribution in [3.8, 4) is 0 Å². The van der Waals surface area contributed by atoms with Gasteiger partial charge in [-0.3, -0.25) is 5.10 Å². The summed E-state index contributed by atoms with van der Waals surface area (Å²) in [5.74, 6) is 0.980. The SMILES string of the molecule is CCc1n[nH]c2cc(C)nn12. The molecule has 0 aliphatic rings. The number of aromatic amines is 1.